The van der Waals surface area contributed by atoms with Crippen molar-refractivity contribution in [2.24, 2.45) is 4.99 Å². The van der Waals surface area contributed by atoms with E-state index in [4.69, 9.17) is 21.3 Å². The maximum absolute atomic E-state index is 12.0. The van der Waals surface area contributed by atoms with E-state index in [9.17, 15) is 4.79 Å². The number of halogens is 1. The number of carbonyl (C=O) groups excluding carboxylic acids is 1. The van der Waals surface area contributed by atoms with Crippen molar-refractivity contribution in [1.29, 1.82) is 0 Å². The van der Waals surface area contributed by atoms with Crippen molar-refractivity contribution in [2.45, 2.75) is 72.4 Å². The summed E-state index contributed by atoms with van der Waals surface area (Å²) in [4.78, 5) is 22.0. The minimum absolute atomic E-state index is 0.0621. The Kier molecular flexibility index (Phi) is 11.4. The predicted molar refractivity (Wildman–Crippen MR) is 200 cm³/mol. The maximum atomic E-state index is 12.0. The molecule has 0 amide bonds. The van der Waals surface area contributed by atoms with Gasteiger partial charge in [-0.25, -0.2) is 4.79 Å². The van der Waals surface area contributed by atoms with Gasteiger partial charge in [0.05, 0.1) is 16.8 Å². The number of carbonyl (C=O) groups is 1. The lowest BCUT2D eigenvalue weighted by atomic mass is 9.83. The van der Waals surface area contributed by atoms with Crippen LogP contribution >= 0.6 is 11.6 Å². The first-order valence-corrected chi connectivity index (χ1v) is 17.5. The molecule has 0 atom stereocenters. The van der Waals surface area contributed by atoms with E-state index < -0.39 is 0 Å². The zero-order chi connectivity index (χ0) is 33.5. The fourth-order valence-corrected chi connectivity index (χ4v) is 7.00. The molecular weight excluding hydrogens is 602 g/mol. The van der Waals surface area contributed by atoms with Crippen molar-refractivity contribution in [3.05, 3.63) is 118 Å². The molecule has 3 aromatic rings. The van der Waals surface area contributed by atoms with Crippen LogP contribution in [0.2, 0.25) is 5.02 Å². The van der Waals surface area contributed by atoms with E-state index in [1.807, 2.05) is 0 Å². The summed E-state index contributed by atoms with van der Waals surface area (Å²) in [6, 6.07) is 24.1. The zero-order valence-corrected chi connectivity index (χ0v) is 29.3. The molecule has 3 aromatic carbocycles. The Morgan fingerprint density at radius 1 is 0.830 bits per heavy atom. The highest BCUT2D eigenvalue weighted by Gasteiger charge is 2.26. The molecule has 1 saturated carbocycles. The number of hydrogen-bond donors (Lipinski definition) is 0. The van der Waals surface area contributed by atoms with Crippen molar-refractivity contribution in [1.82, 2.24) is 0 Å². The lowest BCUT2D eigenvalue weighted by Gasteiger charge is -2.28. The maximum Gasteiger partial charge on any atom is 0.333 e. The standard InChI is InChI=1S/C41H48ClN3O2/c1-7-44(8-2)31-19-15-29(16-20-31)40(37-24-21-32(27-38(37)42)45(9-3)10-4)36-25-26-39(35-14-12-11-13-34(35)36)43-30-17-22-33(23-18-30)47-41(46)28(5)6/h11-16,19-21,24-27,30,33H,5,7-10,17-18,22-23H2,1-4,6H3. The largest absolute Gasteiger partial charge is 0.459 e. The second kappa shape index (κ2) is 15.7. The lowest BCUT2D eigenvalue weighted by molar-refractivity contribution is -0.145. The molecule has 0 N–H and O–H groups in total. The fraction of sp³-hybridized carbons (Fsp3) is 0.366. The third-order valence-electron chi connectivity index (χ3n) is 9.39. The molecule has 0 bridgehead atoms. The van der Waals surface area contributed by atoms with Gasteiger partial charge in [-0.2, -0.15) is 0 Å². The monoisotopic (exact) mass is 649 g/mol. The smallest absolute Gasteiger partial charge is 0.333 e. The normalized spacial score (nSPS) is 19.2. The molecule has 0 radical (unpaired) electrons. The van der Waals surface area contributed by atoms with Crippen LogP contribution in [0.4, 0.5) is 11.4 Å². The number of ether oxygens (including phenoxy) is 1. The highest BCUT2D eigenvalue weighted by molar-refractivity contribution is 6.33. The average molecular weight is 650 g/mol. The van der Waals surface area contributed by atoms with Crippen LogP contribution in [0.3, 0.4) is 0 Å². The summed E-state index contributed by atoms with van der Waals surface area (Å²) in [6.07, 6.45) is 7.70. The minimum atomic E-state index is -0.301. The molecule has 6 heteroatoms. The van der Waals surface area contributed by atoms with Gasteiger partial charge in [0, 0.05) is 54.3 Å². The van der Waals surface area contributed by atoms with Crippen LogP contribution in [0.5, 0.6) is 0 Å². The number of nitrogens with zero attached hydrogens (tertiary/aromatic N) is 3. The molecule has 5 rings (SSSR count). The number of benzene rings is 3. The van der Waals surface area contributed by atoms with Crippen LogP contribution in [0.1, 0.15) is 82.6 Å². The topological polar surface area (TPSA) is 45.1 Å². The summed E-state index contributed by atoms with van der Waals surface area (Å²) >= 11 is 7.17. The van der Waals surface area contributed by atoms with Gasteiger partial charge in [-0.05, 0) is 113 Å². The minimum Gasteiger partial charge on any atom is -0.459 e. The van der Waals surface area contributed by atoms with Crippen molar-refractivity contribution in [3.63, 3.8) is 0 Å². The second-order valence-electron chi connectivity index (χ2n) is 12.4. The number of anilines is 2. The Morgan fingerprint density at radius 3 is 2.02 bits per heavy atom. The molecule has 0 aliphatic heterocycles. The van der Waals surface area contributed by atoms with E-state index in [-0.39, 0.29) is 18.1 Å². The van der Waals surface area contributed by atoms with Gasteiger partial charge in [0.1, 0.15) is 6.10 Å². The fourth-order valence-electron chi connectivity index (χ4n) is 6.73. The van der Waals surface area contributed by atoms with Gasteiger partial charge in [0.25, 0.3) is 0 Å². The predicted octanol–water partition coefficient (Wildman–Crippen LogP) is 9.78. The Hall–Kier alpha value is -4.09. The number of esters is 1. The van der Waals surface area contributed by atoms with E-state index in [2.05, 4.69) is 123 Å². The average Bonchev–Trinajstić information content (AvgIpc) is 3.09. The molecule has 1 fully saturated rings. The SMILES string of the molecule is C=C(C)C(=O)OC1CCC(N=C2C=CC(=C(c3ccc(N(CC)CC)cc3)c3ccc(N(CC)CC)cc3Cl)c3ccccc32)CC1. The number of rotatable bonds is 11. The molecule has 0 spiro atoms. The first kappa shape index (κ1) is 34.3. The second-order valence-corrected chi connectivity index (χ2v) is 12.8. The summed E-state index contributed by atoms with van der Waals surface area (Å²) in [5.41, 5.74) is 10.4. The van der Waals surface area contributed by atoms with Crippen molar-refractivity contribution in [3.8, 4) is 0 Å². The van der Waals surface area contributed by atoms with Crippen LogP contribution in [-0.4, -0.2) is 50.0 Å². The van der Waals surface area contributed by atoms with Crippen LogP contribution in [-0.2, 0) is 9.53 Å². The third-order valence-corrected chi connectivity index (χ3v) is 9.71. The molecular formula is C41H48ClN3O2. The molecule has 0 saturated heterocycles. The van der Waals surface area contributed by atoms with Gasteiger partial charge < -0.3 is 14.5 Å². The van der Waals surface area contributed by atoms with Crippen LogP contribution in [0, 0.1) is 0 Å². The summed E-state index contributed by atoms with van der Waals surface area (Å²) in [5, 5.41) is 0.735. The van der Waals surface area contributed by atoms with Crippen LogP contribution < -0.4 is 9.80 Å². The van der Waals surface area contributed by atoms with E-state index in [1.54, 1.807) is 6.92 Å². The Labute approximate surface area is 286 Å². The third kappa shape index (κ3) is 7.73. The Bertz CT molecular complexity index is 1670. The molecule has 5 nitrogen and oxygen atoms in total. The molecule has 2 aliphatic rings. The summed E-state index contributed by atoms with van der Waals surface area (Å²) < 4.78 is 5.62. The zero-order valence-electron chi connectivity index (χ0n) is 28.6. The van der Waals surface area contributed by atoms with E-state index >= 15 is 0 Å². The van der Waals surface area contributed by atoms with E-state index in [1.165, 1.54) is 5.69 Å². The highest BCUT2D eigenvalue weighted by Crippen LogP contribution is 2.41. The van der Waals surface area contributed by atoms with Crippen LogP contribution in [0.15, 0.2) is 96.0 Å². The molecule has 246 valence electrons. The van der Waals surface area contributed by atoms with Gasteiger partial charge in [0.2, 0.25) is 0 Å². The summed E-state index contributed by atoms with van der Waals surface area (Å²) in [6.45, 7) is 17.9. The van der Waals surface area contributed by atoms with Crippen molar-refractivity contribution in [2.75, 3.05) is 36.0 Å². The van der Waals surface area contributed by atoms with Gasteiger partial charge in [-0.15, -0.1) is 0 Å². The van der Waals surface area contributed by atoms with Crippen molar-refractivity contribution < 1.29 is 9.53 Å². The van der Waals surface area contributed by atoms with Gasteiger partial charge in [-0.3, -0.25) is 4.99 Å². The molecule has 0 aromatic heterocycles. The summed E-state index contributed by atoms with van der Waals surface area (Å²) in [5.74, 6) is -0.301. The first-order valence-electron chi connectivity index (χ1n) is 17.1. The summed E-state index contributed by atoms with van der Waals surface area (Å²) in [7, 11) is 0. The van der Waals surface area contributed by atoms with Gasteiger partial charge in [0.15, 0.2) is 0 Å². The molecule has 47 heavy (non-hydrogen) atoms. The molecule has 0 unspecified atom stereocenters. The van der Waals surface area contributed by atoms with Crippen LogP contribution in [0.25, 0.3) is 11.1 Å². The number of fused-ring (bicyclic) bond motifs is 1. The molecule has 0 heterocycles. The van der Waals surface area contributed by atoms with Crippen molar-refractivity contribution >= 4 is 45.8 Å². The first-order chi connectivity index (χ1) is 22.8. The number of aliphatic imine (C=N–C) groups is 1. The van der Waals surface area contributed by atoms with E-state index in [0.29, 0.717) is 5.57 Å². The molecule has 2 aliphatic carbocycles. The number of hydrogen-bond acceptors (Lipinski definition) is 5. The Morgan fingerprint density at radius 2 is 1.43 bits per heavy atom. The van der Waals surface area contributed by atoms with E-state index in [0.717, 1.165) is 102 Å². The number of allylic oxidation sites excluding steroid dienone is 3. The Balaban J connectivity index is 1.56. The van der Waals surface area contributed by atoms with Gasteiger partial charge in [-0.1, -0.05) is 66.7 Å². The quantitative estimate of drug-likeness (QED) is 0.153. The highest BCUT2D eigenvalue weighted by atomic mass is 35.5. The van der Waals surface area contributed by atoms with Gasteiger partial charge >= 0.3 is 5.97 Å². The lowest BCUT2D eigenvalue weighted by Crippen LogP contribution is -2.27.